The summed E-state index contributed by atoms with van der Waals surface area (Å²) in [6.07, 6.45) is 0.339. The number of methoxy groups -OCH3 is 1. The van der Waals surface area contributed by atoms with Crippen LogP contribution in [0.1, 0.15) is 6.42 Å². The number of nitrogens with one attached hydrogen (secondary N) is 1. The van der Waals surface area contributed by atoms with E-state index in [4.69, 9.17) is 4.74 Å². The monoisotopic (exact) mass is 332 g/mol. The van der Waals surface area contributed by atoms with Crippen molar-refractivity contribution in [3.05, 3.63) is 24.3 Å². The maximum Gasteiger partial charge on any atom is 0.317 e. The van der Waals surface area contributed by atoms with Crippen molar-refractivity contribution in [1.82, 2.24) is 15.1 Å². The van der Waals surface area contributed by atoms with Gasteiger partial charge < -0.3 is 24.8 Å². The number of ether oxygens (including phenoxy) is 1. The Hall–Kier alpha value is -2.28. The van der Waals surface area contributed by atoms with E-state index >= 15 is 0 Å². The number of hydrogen-bond donors (Lipinski definition) is 1. The number of carbonyl (C=O) groups excluding carboxylic acids is 2. The maximum atomic E-state index is 12.3. The van der Waals surface area contributed by atoms with Crippen LogP contribution in [0.5, 0.6) is 5.75 Å². The van der Waals surface area contributed by atoms with Crippen LogP contribution in [0.15, 0.2) is 24.3 Å². The molecule has 2 aliphatic rings. The fraction of sp³-hybridized carbons (Fsp3) is 0.529. The summed E-state index contributed by atoms with van der Waals surface area (Å²) in [7, 11) is 3.66. The van der Waals surface area contributed by atoms with E-state index in [-0.39, 0.29) is 18.0 Å². The zero-order valence-electron chi connectivity index (χ0n) is 14.2. The number of urea groups is 1. The van der Waals surface area contributed by atoms with E-state index in [2.05, 4.69) is 17.3 Å². The average Bonchev–Trinajstić information content (AvgIpc) is 2.95. The number of anilines is 1. The van der Waals surface area contributed by atoms with Gasteiger partial charge in [0.05, 0.1) is 13.2 Å². The first-order valence-electron chi connectivity index (χ1n) is 8.25. The van der Waals surface area contributed by atoms with Crippen LogP contribution in [0.4, 0.5) is 10.5 Å². The Kier molecular flexibility index (Phi) is 4.89. The van der Waals surface area contributed by atoms with Gasteiger partial charge in [-0.05, 0) is 31.3 Å². The van der Waals surface area contributed by atoms with Gasteiger partial charge in [-0.2, -0.15) is 0 Å². The molecule has 1 aromatic carbocycles. The lowest BCUT2D eigenvalue weighted by molar-refractivity contribution is -0.117. The molecule has 2 fully saturated rings. The first kappa shape index (κ1) is 16.6. The second-order valence-corrected chi connectivity index (χ2v) is 6.34. The summed E-state index contributed by atoms with van der Waals surface area (Å²) in [5.74, 6) is 0.786. The van der Waals surface area contributed by atoms with E-state index in [0.29, 0.717) is 13.0 Å². The number of likely N-dealkylation sites (N-methyl/N-ethyl adjacent to an activating group) is 1. The second-order valence-electron chi connectivity index (χ2n) is 6.34. The van der Waals surface area contributed by atoms with Gasteiger partial charge in [0.25, 0.3) is 0 Å². The Morgan fingerprint density at radius 2 is 1.83 bits per heavy atom. The van der Waals surface area contributed by atoms with E-state index in [1.165, 1.54) is 0 Å². The molecule has 0 aromatic heterocycles. The highest BCUT2D eigenvalue weighted by molar-refractivity contribution is 5.96. The van der Waals surface area contributed by atoms with E-state index in [9.17, 15) is 9.59 Å². The molecule has 3 rings (SSSR count). The topological polar surface area (TPSA) is 65.1 Å². The van der Waals surface area contributed by atoms with Crippen LogP contribution in [-0.4, -0.2) is 74.7 Å². The van der Waals surface area contributed by atoms with Gasteiger partial charge >= 0.3 is 6.03 Å². The van der Waals surface area contributed by atoms with Crippen LogP contribution in [0, 0.1) is 0 Å². The molecule has 1 N–H and O–H groups in total. The zero-order chi connectivity index (χ0) is 17.1. The third-order valence-corrected chi connectivity index (χ3v) is 4.63. The van der Waals surface area contributed by atoms with Crippen molar-refractivity contribution in [2.24, 2.45) is 0 Å². The molecule has 7 heteroatoms. The highest BCUT2D eigenvalue weighted by Gasteiger charge is 2.32. The second kappa shape index (κ2) is 7.09. The average molecular weight is 332 g/mol. The molecule has 1 aromatic rings. The van der Waals surface area contributed by atoms with E-state index < -0.39 is 0 Å². The highest BCUT2D eigenvalue weighted by Crippen LogP contribution is 2.24. The molecule has 2 heterocycles. The van der Waals surface area contributed by atoms with Crippen molar-refractivity contribution in [2.75, 3.05) is 51.8 Å². The largest absolute Gasteiger partial charge is 0.497 e. The Labute approximate surface area is 142 Å². The number of nitrogens with zero attached hydrogens (tertiary/aromatic N) is 3. The Morgan fingerprint density at radius 3 is 2.46 bits per heavy atom. The number of carbonyl (C=O) groups is 2. The van der Waals surface area contributed by atoms with Gasteiger partial charge in [-0.25, -0.2) is 4.79 Å². The summed E-state index contributed by atoms with van der Waals surface area (Å²) in [4.78, 5) is 30.3. The van der Waals surface area contributed by atoms with Crippen molar-refractivity contribution >= 4 is 17.6 Å². The van der Waals surface area contributed by atoms with Crippen molar-refractivity contribution in [3.63, 3.8) is 0 Å². The fourth-order valence-corrected chi connectivity index (χ4v) is 3.09. The van der Waals surface area contributed by atoms with Crippen LogP contribution in [0.3, 0.4) is 0 Å². The summed E-state index contributed by atoms with van der Waals surface area (Å²) in [6.45, 7) is 3.73. The molecule has 7 nitrogen and oxygen atoms in total. The number of hydrogen-bond acceptors (Lipinski definition) is 4. The van der Waals surface area contributed by atoms with Crippen LogP contribution in [-0.2, 0) is 4.79 Å². The molecule has 1 atom stereocenters. The summed E-state index contributed by atoms with van der Waals surface area (Å²) in [5.41, 5.74) is 0.831. The predicted octanol–water partition coefficient (Wildman–Crippen LogP) is 0.758. The minimum Gasteiger partial charge on any atom is -0.497 e. The number of benzene rings is 1. The zero-order valence-corrected chi connectivity index (χ0v) is 14.2. The number of piperazine rings is 1. The summed E-state index contributed by atoms with van der Waals surface area (Å²) < 4.78 is 5.14. The number of rotatable bonds is 3. The molecular weight excluding hydrogens is 308 g/mol. The van der Waals surface area contributed by atoms with Crippen molar-refractivity contribution in [1.29, 1.82) is 0 Å². The van der Waals surface area contributed by atoms with E-state index in [1.807, 2.05) is 29.2 Å². The van der Waals surface area contributed by atoms with Gasteiger partial charge in [-0.15, -0.1) is 0 Å². The molecule has 3 amide bonds. The normalized spacial score (nSPS) is 21.9. The summed E-state index contributed by atoms with van der Waals surface area (Å²) in [6, 6.07) is 7.17. The summed E-state index contributed by atoms with van der Waals surface area (Å²) in [5, 5.41) is 3.00. The lowest BCUT2D eigenvalue weighted by Gasteiger charge is -2.33. The SMILES string of the molecule is COc1ccc(N2C[C@@H](NC(=O)N3CCN(C)CC3)CC2=O)cc1. The van der Waals surface area contributed by atoms with Crippen molar-refractivity contribution in [3.8, 4) is 5.75 Å². The Bertz CT molecular complexity index is 596. The first-order valence-corrected chi connectivity index (χ1v) is 8.25. The lowest BCUT2D eigenvalue weighted by atomic mass is 10.2. The lowest BCUT2D eigenvalue weighted by Crippen LogP contribution is -2.52. The molecule has 0 spiro atoms. The molecule has 0 bridgehead atoms. The molecule has 2 saturated heterocycles. The van der Waals surface area contributed by atoms with Gasteiger partial charge in [0.15, 0.2) is 0 Å². The standard InChI is InChI=1S/C17H24N4O3/c1-19-7-9-20(10-8-19)17(23)18-13-11-16(22)21(12-13)14-3-5-15(24-2)6-4-14/h3-6,13H,7-12H2,1-2H3,(H,18,23)/t13-/m0/s1. The van der Waals surface area contributed by atoms with E-state index in [1.54, 1.807) is 12.0 Å². The molecule has 0 radical (unpaired) electrons. The van der Waals surface area contributed by atoms with Gasteiger partial charge in [-0.1, -0.05) is 0 Å². The van der Waals surface area contributed by atoms with Crippen molar-refractivity contribution in [2.45, 2.75) is 12.5 Å². The van der Waals surface area contributed by atoms with Gasteiger partial charge in [-0.3, -0.25) is 4.79 Å². The quantitative estimate of drug-likeness (QED) is 0.887. The van der Waals surface area contributed by atoms with Gasteiger partial charge in [0.1, 0.15) is 5.75 Å². The molecule has 24 heavy (non-hydrogen) atoms. The minimum atomic E-state index is -0.147. The third kappa shape index (κ3) is 3.62. The maximum absolute atomic E-state index is 12.3. The van der Waals surface area contributed by atoms with Crippen LogP contribution in [0.2, 0.25) is 0 Å². The van der Waals surface area contributed by atoms with E-state index in [0.717, 1.165) is 37.6 Å². The highest BCUT2D eigenvalue weighted by atomic mass is 16.5. The summed E-state index contributed by atoms with van der Waals surface area (Å²) >= 11 is 0. The predicted molar refractivity (Wildman–Crippen MR) is 91.4 cm³/mol. The van der Waals surface area contributed by atoms with Crippen LogP contribution < -0.4 is 15.0 Å². The van der Waals surface area contributed by atoms with Gasteiger partial charge in [0.2, 0.25) is 5.91 Å². The molecular formula is C17H24N4O3. The fourth-order valence-electron chi connectivity index (χ4n) is 3.09. The minimum absolute atomic E-state index is 0.0313. The smallest absolute Gasteiger partial charge is 0.317 e. The van der Waals surface area contributed by atoms with Crippen LogP contribution in [0.25, 0.3) is 0 Å². The Morgan fingerprint density at radius 1 is 1.17 bits per heavy atom. The number of amides is 3. The van der Waals surface area contributed by atoms with Gasteiger partial charge in [0, 0.05) is 44.8 Å². The molecule has 0 unspecified atom stereocenters. The molecule has 0 saturated carbocycles. The van der Waals surface area contributed by atoms with Crippen LogP contribution >= 0.6 is 0 Å². The molecule has 2 aliphatic heterocycles. The van der Waals surface area contributed by atoms with Crippen molar-refractivity contribution < 1.29 is 14.3 Å². The molecule has 130 valence electrons. The Balaban J connectivity index is 1.57. The molecule has 0 aliphatic carbocycles. The first-order chi connectivity index (χ1) is 11.6. The third-order valence-electron chi connectivity index (χ3n) is 4.63.